The van der Waals surface area contributed by atoms with Crippen molar-refractivity contribution in [3.8, 4) is 11.8 Å². The number of carboxylic acids is 1. The fraction of sp³-hybridized carbons (Fsp3) is 0.533. The van der Waals surface area contributed by atoms with Crippen molar-refractivity contribution in [2.45, 2.75) is 39.7 Å². The van der Waals surface area contributed by atoms with E-state index in [9.17, 15) is 9.59 Å². The highest BCUT2D eigenvalue weighted by Crippen LogP contribution is 2.11. The zero-order valence-electron chi connectivity index (χ0n) is 13.5. The summed E-state index contributed by atoms with van der Waals surface area (Å²) in [7, 11) is 1.56. The van der Waals surface area contributed by atoms with Crippen LogP contribution in [0.4, 0.5) is 4.79 Å². The maximum Gasteiger partial charge on any atom is 0.407 e. The Bertz CT molecular complexity index is 630. The fourth-order valence-corrected chi connectivity index (χ4v) is 1.75. The summed E-state index contributed by atoms with van der Waals surface area (Å²) >= 11 is 0. The molecule has 22 heavy (non-hydrogen) atoms. The molecule has 0 aromatic carbocycles. The third-order valence-corrected chi connectivity index (χ3v) is 2.56. The van der Waals surface area contributed by atoms with Gasteiger partial charge in [0.2, 0.25) is 0 Å². The Labute approximate surface area is 129 Å². The Morgan fingerprint density at radius 1 is 1.41 bits per heavy atom. The molecule has 0 saturated carbocycles. The van der Waals surface area contributed by atoms with Gasteiger partial charge < -0.3 is 15.2 Å². The molecule has 0 atom stereocenters. The molecule has 1 rings (SSSR count). The monoisotopic (exact) mass is 307 g/mol. The molecule has 1 aromatic rings. The lowest BCUT2D eigenvalue weighted by Crippen LogP contribution is -2.32. The van der Waals surface area contributed by atoms with Gasteiger partial charge in [0.05, 0.1) is 11.3 Å². The molecule has 0 aliphatic rings. The summed E-state index contributed by atoms with van der Waals surface area (Å²) < 4.78 is 6.38. The number of hydrogen-bond acceptors (Lipinski definition) is 4. The number of ether oxygens (including phenoxy) is 1. The van der Waals surface area contributed by atoms with Crippen molar-refractivity contribution in [3.05, 3.63) is 17.0 Å². The van der Waals surface area contributed by atoms with Gasteiger partial charge in [-0.2, -0.15) is 5.10 Å². The second-order valence-corrected chi connectivity index (χ2v) is 5.72. The molecule has 0 unspecified atom stereocenters. The number of carboxylic acid groups (broad SMARTS) is 1. The second kappa shape index (κ2) is 6.98. The molecule has 1 heterocycles. The van der Waals surface area contributed by atoms with E-state index >= 15 is 0 Å². The van der Waals surface area contributed by atoms with Gasteiger partial charge in [-0.05, 0) is 27.7 Å². The zero-order chi connectivity index (χ0) is 16.9. The number of alkyl carbamates (subject to hydrolysis) is 1. The lowest BCUT2D eigenvalue weighted by molar-refractivity contribution is 0.0528. The number of amides is 1. The third-order valence-electron chi connectivity index (χ3n) is 2.56. The highest BCUT2D eigenvalue weighted by atomic mass is 16.6. The Morgan fingerprint density at radius 3 is 2.59 bits per heavy atom. The van der Waals surface area contributed by atoms with Crippen molar-refractivity contribution >= 4 is 12.1 Å². The quantitative estimate of drug-likeness (QED) is 0.655. The number of nitrogens with zero attached hydrogens (tertiary/aromatic N) is 2. The van der Waals surface area contributed by atoms with Crippen molar-refractivity contribution in [2.24, 2.45) is 7.05 Å². The molecule has 0 bridgehead atoms. The molecule has 0 saturated heterocycles. The summed E-state index contributed by atoms with van der Waals surface area (Å²) in [6, 6.07) is 0. The number of carbonyl (C=O) groups is 2. The van der Waals surface area contributed by atoms with Gasteiger partial charge in [-0.3, -0.25) is 4.68 Å². The lowest BCUT2D eigenvalue weighted by atomic mass is 10.2. The summed E-state index contributed by atoms with van der Waals surface area (Å²) in [5.74, 6) is 4.56. The van der Waals surface area contributed by atoms with E-state index in [1.807, 2.05) is 0 Å². The van der Waals surface area contributed by atoms with Crippen LogP contribution < -0.4 is 5.32 Å². The average molecular weight is 307 g/mol. The van der Waals surface area contributed by atoms with E-state index in [1.54, 1.807) is 34.7 Å². The van der Waals surface area contributed by atoms with Gasteiger partial charge in [0.1, 0.15) is 5.60 Å². The van der Waals surface area contributed by atoms with Crippen LogP contribution in [0.15, 0.2) is 0 Å². The van der Waals surface area contributed by atoms with Gasteiger partial charge in [-0.1, -0.05) is 11.8 Å². The van der Waals surface area contributed by atoms with Crippen LogP contribution >= 0.6 is 0 Å². The molecular formula is C15H21N3O4. The van der Waals surface area contributed by atoms with Crippen LogP contribution in [0.3, 0.4) is 0 Å². The zero-order valence-corrected chi connectivity index (χ0v) is 13.5. The van der Waals surface area contributed by atoms with Gasteiger partial charge in [0.25, 0.3) is 0 Å². The van der Waals surface area contributed by atoms with Crippen molar-refractivity contribution in [1.82, 2.24) is 15.1 Å². The first-order chi connectivity index (χ1) is 10.1. The van der Waals surface area contributed by atoms with Crippen LogP contribution in [0.1, 0.15) is 48.9 Å². The van der Waals surface area contributed by atoms with Crippen molar-refractivity contribution in [1.29, 1.82) is 0 Å². The smallest absolute Gasteiger partial charge is 0.407 e. The molecule has 7 nitrogen and oxygen atoms in total. The SMILES string of the molecule is Cc1nn(C)c(C(=O)O)c1C#CCCNC(=O)OC(C)(C)C. The first-order valence-electron chi connectivity index (χ1n) is 6.84. The van der Waals surface area contributed by atoms with Gasteiger partial charge in [0.15, 0.2) is 5.69 Å². The number of nitrogens with one attached hydrogen (secondary N) is 1. The first kappa shape index (κ1) is 17.6. The van der Waals surface area contributed by atoms with E-state index in [0.29, 0.717) is 24.2 Å². The van der Waals surface area contributed by atoms with E-state index in [1.165, 1.54) is 4.68 Å². The Balaban J connectivity index is 2.59. The van der Waals surface area contributed by atoms with Crippen LogP contribution in [0.5, 0.6) is 0 Å². The number of rotatable bonds is 3. The minimum atomic E-state index is -1.07. The summed E-state index contributed by atoms with van der Waals surface area (Å²) in [6.45, 7) is 7.38. The van der Waals surface area contributed by atoms with E-state index < -0.39 is 17.7 Å². The molecule has 7 heteroatoms. The molecule has 0 fully saturated rings. The third kappa shape index (κ3) is 5.13. The van der Waals surface area contributed by atoms with Crippen LogP contribution in [0, 0.1) is 18.8 Å². The van der Waals surface area contributed by atoms with Gasteiger partial charge in [-0.15, -0.1) is 0 Å². The van der Waals surface area contributed by atoms with Crippen molar-refractivity contribution < 1.29 is 19.4 Å². The minimum absolute atomic E-state index is 0.0603. The van der Waals surface area contributed by atoms with Crippen LogP contribution in [-0.4, -0.2) is 39.1 Å². The average Bonchev–Trinajstić information content (AvgIpc) is 2.61. The molecule has 0 spiro atoms. The molecule has 0 aliphatic carbocycles. The summed E-state index contributed by atoms with van der Waals surface area (Å²) in [5.41, 5.74) is 0.476. The normalized spacial score (nSPS) is 10.6. The molecular weight excluding hydrogens is 286 g/mol. The highest BCUT2D eigenvalue weighted by Gasteiger charge is 2.17. The largest absolute Gasteiger partial charge is 0.476 e. The van der Waals surface area contributed by atoms with Gasteiger partial charge in [0, 0.05) is 20.0 Å². The topological polar surface area (TPSA) is 93.5 Å². The standard InChI is InChI=1S/C15H21N3O4/c1-10-11(12(13(19)20)18(5)17-10)8-6-7-9-16-14(21)22-15(2,3)4/h7,9H2,1-5H3,(H,16,21)(H,19,20). The lowest BCUT2D eigenvalue weighted by Gasteiger charge is -2.19. The van der Waals surface area contributed by atoms with Crippen molar-refractivity contribution in [2.75, 3.05) is 6.54 Å². The number of carbonyl (C=O) groups excluding carboxylic acids is 1. The molecule has 2 N–H and O–H groups in total. The maximum absolute atomic E-state index is 11.4. The highest BCUT2D eigenvalue weighted by molar-refractivity contribution is 5.89. The molecule has 1 amide bonds. The maximum atomic E-state index is 11.4. The van der Waals surface area contributed by atoms with Crippen LogP contribution in [-0.2, 0) is 11.8 Å². The number of aromatic carboxylic acids is 1. The van der Waals surface area contributed by atoms with Crippen LogP contribution in [0.2, 0.25) is 0 Å². The fourth-order valence-electron chi connectivity index (χ4n) is 1.75. The van der Waals surface area contributed by atoms with E-state index in [4.69, 9.17) is 9.84 Å². The molecule has 0 radical (unpaired) electrons. The van der Waals surface area contributed by atoms with Gasteiger partial charge >= 0.3 is 12.1 Å². The predicted molar refractivity (Wildman–Crippen MR) is 80.6 cm³/mol. The summed E-state index contributed by atoms with van der Waals surface area (Å²) in [5, 5.41) is 15.8. The van der Waals surface area contributed by atoms with E-state index in [-0.39, 0.29) is 5.69 Å². The van der Waals surface area contributed by atoms with E-state index in [0.717, 1.165) is 0 Å². The summed E-state index contributed by atoms with van der Waals surface area (Å²) in [6.07, 6.45) is -0.120. The van der Waals surface area contributed by atoms with Crippen LogP contribution in [0.25, 0.3) is 0 Å². The number of hydrogen-bond donors (Lipinski definition) is 2. The number of aromatic nitrogens is 2. The first-order valence-corrected chi connectivity index (χ1v) is 6.84. The molecule has 120 valence electrons. The number of aryl methyl sites for hydroxylation is 2. The molecule has 0 aliphatic heterocycles. The summed E-state index contributed by atoms with van der Waals surface area (Å²) in [4.78, 5) is 22.6. The van der Waals surface area contributed by atoms with Gasteiger partial charge in [-0.25, -0.2) is 9.59 Å². The van der Waals surface area contributed by atoms with Crippen molar-refractivity contribution in [3.63, 3.8) is 0 Å². The Kier molecular flexibility index (Phi) is 5.57. The molecule has 1 aromatic heterocycles. The Morgan fingerprint density at radius 2 is 2.05 bits per heavy atom. The second-order valence-electron chi connectivity index (χ2n) is 5.72. The Hall–Kier alpha value is -2.49. The predicted octanol–water partition coefficient (Wildman–Crippen LogP) is 1.69. The van der Waals surface area contributed by atoms with E-state index in [2.05, 4.69) is 22.3 Å². The minimum Gasteiger partial charge on any atom is -0.476 e.